The number of nitrogens with one attached hydrogen (secondary N) is 1. The molecule has 0 radical (unpaired) electrons. The van der Waals surface area contributed by atoms with E-state index in [0.717, 1.165) is 36.4 Å². The fourth-order valence-corrected chi connectivity index (χ4v) is 2.45. The zero-order valence-electron chi connectivity index (χ0n) is 11.9. The highest BCUT2D eigenvalue weighted by atomic mass is 19.4. The predicted molar refractivity (Wildman–Crippen MR) is 78.1 cm³/mol. The molecular formula is C15H17F3N4. The Hall–Kier alpha value is -2.02. The normalized spacial score (nSPS) is 15.1. The first-order valence-electron chi connectivity index (χ1n) is 7.20. The van der Waals surface area contributed by atoms with Crippen molar-refractivity contribution in [3.63, 3.8) is 0 Å². The van der Waals surface area contributed by atoms with Crippen LogP contribution in [-0.2, 0) is 6.18 Å². The number of hydrogen-bond acceptors (Lipinski definition) is 3. The van der Waals surface area contributed by atoms with Gasteiger partial charge >= 0.3 is 6.18 Å². The van der Waals surface area contributed by atoms with Crippen LogP contribution in [0, 0.1) is 0 Å². The van der Waals surface area contributed by atoms with Gasteiger partial charge in [-0.1, -0.05) is 0 Å². The van der Waals surface area contributed by atoms with Crippen molar-refractivity contribution in [2.24, 2.45) is 5.73 Å². The van der Waals surface area contributed by atoms with Crippen molar-refractivity contribution in [1.82, 2.24) is 9.78 Å². The van der Waals surface area contributed by atoms with Crippen LogP contribution in [0.4, 0.5) is 18.9 Å². The summed E-state index contributed by atoms with van der Waals surface area (Å²) in [5.74, 6) is 0.407. The Balaban J connectivity index is 1.92. The van der Waals surface area contributed by atoms with Gasteiger partial charge in [0.05, 0.1) is 28.8 Å². The van der Waals surface area contributed by atoms with Crippen molar-refractivity contribution in [3.8, 4) is 5.69 Å². The summed E-state index contributed by atoms with van der Waals surface area (Å²) in [5, 5.41) is 7.55. The molecule has 3 N–H and O–H groups in total. The Morgan fingerprint density at radius 3 is 2.45 bits per heavy atom. The minimum absolute atomic E-state index is 0.407. The SMILES string of the molecule is NCCNc1cnn(-c2ccc(C(F)(F)F)cc2)c1C1CC1. The zero-order valence-corrected chi connectivity index (χ0v) is 11.9. The molecule has 0 saturated heterocycles. The lowest BCUT2D eigenvalue weighted by Gasteiger charge is -2.11. The smallest absolute Gasteiger partial charge is 0.381 e. The molecule has 1 heterocycles. The second kappa shape index (κ2) is 5.64. The van der Waals surface area contributed by atoms with E-state index < -0.39 is 11.7 Å². The number of rotatable bonds is 5. The summed E-state index contributed by atoms with van der Waals surface area (Å²) in [7, 11) is 0. The molecule has 0 atom stereocenters. The standard InChI is InChI=1S/C15H17F3N4/c16-15(17,18)11-3-5-12(6-4-11)22-14(10-1-2-10)13(9-21-22)20-8-7-19/h3-6,9-10,20H,1-2,7-8,19H2. The third kappa shape index (κ3) is 2.94. The van der Waals surface area contributed by atoms with E-state index in [0.29, 0.717) is 24.7 Å². The molecule has 0 amide bonds. The fraction of sp³-hybridized carbons (Fsp3) is 0.400. The molecule has 1 aliphatic rings. The Morgan fingerprint density at radius 2 is 1.91 bits per heavy atom. The summed E-state index contributed by atoms with van der Waals surface area (Å²) in [4.78, 5) is 0. The molecule has 3 rings (SSSR count). The maximum Gasteiger partial charge on any atom is 0.416 e. The number of hydrogen-bond donors (Lipinski definition) is 2. The molecule has 0 bridgehead atoms. The Kier molecular flexibility index (Phi) is 3.82. The lowest BCUT2D eigenvalue weighted by Crippen LogP contribution is -2.14. The maximum atomic E-state index is 12.6. The topological polar surface area (TPSA) is 55.9 Å². The van der Waals surface area contributed by atoms with E-state index in [1.54, 1.807) is 10.9 Å². The average molecular weight is 310 g/mol. The molecule has 1 aromatic carbocycles. The fourth-order valence-electron chi connectivity index (χ4n) is 2.45. The number of anilines is 1. The van der Waals surface area contributed by atoms with Gasteiger partial charge in [0.15, 0.2) is 0 Å². The third-order valence-electron chi connectivity index (χ3n) is 3.67. The molecule has 2 aromatic rings. The molecule has 4 nitrogen and oxygen atoms in total. The minimum Gasteiger partial charge on any atom is -0.381 e. The Bertz CT molecular complexity index is 642. The Labute approximate surface area is 126 Å². The van der Waals surface area contributed by atoms with Gasteiger partial charge in [0.1, 0.15) is 0 Å². The summed E-state index contributed by atoms with van der Waals surface area (Å²) < 4.78 is 39.6. The molecule has 0 unspecified atom stereocenters. The van der Waals surface area contributed by atoms with Crippen LogP contribution in [-0.4, -0.2) is 22.9 Å². The lowest BCUT2D eigenvalue weighted by molar-refractivity contribution is -0.137. The monoisotopic (exact) mass is 310 g/mol. The highest BCUT2D eigenvalue weighted by Crippen LogP contribution is 2.44. The van der Waals surface area contributed by atoms with Crippen LogP contribution in [0.25, 0.3) is 5.69 Å². The van der Waals surface area contributed by atoms with Crippen LogP contribution in [0.15, 0.2) is 30.5 Å². The second-order valence-electron chi connectivity index (χ2n) is 5.39. The van der Waals surface area contributed by atoms with Gasteiger partial charge in [0.2, 0.25) is 0 Å². The zero-order chi connectivity index (χ0) is 15.7. The second-order valence-corrected chi connectivity index (χ2v) is 5.39. The summed E-state index contributed by atoms with van der Waals surface area (Å²) in [5.41, 5.74) is 7.41. The molecule has 7 heteroatoms. The summed E-state index contributed by atoms with van der Waals surface area (Å²) in [6.07, 6.45) is -0.468. The van der Waals surface area contributed by atoms with E-state index in [4.69, 9.17) is 5.73 Å². The molecule has 1 aromatic heterocycles. The average Bonchev–Trinajstić information content (AvgIpc) is 3.24. The van der Waals surface area contributed by atoms with E-state index in [1.165, 1.54) is 12.1 Å². The van der Waals surface area contributed by atoms with Crippen LogP contribution < -0.4 is 11.1 Å². The van der Waals surface area contributed by atoms with Crippen molar-refractivity contribution in [1.29, 1.82) is 0 Å². The van der Waals surface area contributed by atoms with Crippen LogP contribution in [0.2, 0.25) is 0 Å². The van der Waals surface area contributed by atoms with E-state index >= 15 is 0 Å². The van der Waals surface area contributed by atoms with Gasteiger partial charge < -0.3 is 11.1 Å². The van der Waals surface area contributed by atoms with Crippen LogP contribution in [0.5, 0.6) is 0 Å². The van der Waals surface area contributed by atoms with Crippen molar-refractivity contribution < 1.29 is 13.2 Å². The minimum atomic E-state index is -4.32. The van der Waals surface area contributed by atoms with Gasteiger partial charge in [-0.3, -0.25) is 0 Å². The van der Waals surface area contributed by atoms with E-state index in [-0.39, 0.29) is 0 Å². The molecule has 0 aliphatic heterocycles. The van der Waals surface area contributed by atoms with E-state index in [2.05, 4.69) is 10.4 Å². The first-order chi connectivity index (χ1) is 10.5. The summed E-state index contributed by atoms with van der Waals surface area (Å²) >= 11 is 0. The highest BCUT2D eigenvalue weighted by Gasteiger charge is 2.32. The van der Waals surface area contributed by atoms with Gasteiger partial charge in [0, 0.05) is 19.0 Å². The third-order valence-corrected chi connectivity index (χ3v) is 3.67. The number of aromatic nitrogens is 2. The van der Waals surface area contributed by atoms with Gasteiger partial charge in [-0.25, -0.2) is 4.68 Å². The molecule has 1 saturated carbocycles. The molecule has 1 aliphatic carbocycles. The van der Waals surface area contributed by atoms with Crippen molar-refractivity contribution >= 4 is 5.69 Å². The molecule has 1 fully saturated rings. The number of alkyl halides is 3. The van der Waals surface area contributed by atoms with Crippen LogP contribution in [0.3, 0.4) is 0 Å². The summed E-state index contributed by atoms with van der Waals surface area (Å²) in [6, 6.07) is 5.07. The Morgan fingerprint density at radius 1 is 1.23 bits per heavy atom. The molecule has 118 valence electrons. The van der Waals surface area contributed by atoms with Crippen molar-refractivity contribution in [2.45, 2.75) is 24.9 Å². The van der Waals surface area contributed by atoms with Crippen molar-refractivity contribution in [2.75, 3.05) is 18.4 Å². The first-order valence-corrected chi connectivity index (χ1v) is 7.20. The van der Waals surface area contributed by atoms with Crippen molar-refractivity contribution in [3.05, 3.63) is 41.7 Å². The number of nitrogens with two attached hydrogens (primary N) is 1. The highest BCUT2D eigenvalue weighted by molar-refractivity contribution is 5.53. The molecule has 22 heavy (non-hydrogen) atoms. The molecular weight excluding hydrogens is 293 g/mol. The van der Waals surface area contributed by atoms with Gasteiger partial charge in [-0.2, -0.15) is 18.3 Å². The van der Waals surface area contributed by atoms with E-state index in [9.17, 15) is 13.2 Å². The van der Waals surface area contributed by atoms with Crippen LogP contribution in [0.1, 0.15) is 30.0 Å². The van der Waals surface area contributed by atoms with E-state index in [1.807, 2.05) is 0 Å². The number of halogens is 3. The predicted octanol–water partition coefficient (Wildman–Crippen LogP) is 3.14. The lowest BCUT2D eigenvalue weighted by atomic mass is 10.2. The number of benzene rings is 1. The maximum absolute atomic E-state index is 12.6. The van der Waals surface area contributed by atoms with Gasteiger partial charge in [-0.15, -0.1) is 0 Å². The quantitative estimate of drug-likeness (QED) is 0.892. The first kappa shape index (κ1) is 14.9. The summed E-state index contributed by atoms with van der Waals surface area (Å²) in [6.45, 7) is 1.15. The van der Waals surface area contributed by atoms with Gasteiger partial charge in [0.25, 0.3) is 0 Å². The van der Waals surface area contributed by atoms with Crippen LogP contribution >= 0.6 is 0 Å². The largest absolute Gasteiger partial charge is 0.416 e. The molecule has 0 spiro atoms. The number of nitrogens with zero attached hydrogens (tertiary/aromatic N) is 2. The van der Waals surface area contributed by atoms with Gasteiger partial charge in [-0.05, 0) is 37.1 Å².